The van der Waals surface area contributed by atoms with Crippen LogP contribution in [0.4, 0.5) is 26.3 Å². The number of rotatable bonds is 13. The van der Waals surface area contributed by atoms with Crippen LogP contribution in [-0.4, -0.2) is 22.1 Å². The standard InChI is InChI=1S/C26H30F6O2S2/c1-24(2,15-23(33)34)13-11-22(36-17-19-5-9-21(10-6-19)26(30,31)32)12-14-35-16-18-3-7-20(8-4-18)25(27,28)29/h3-10,22H,11-17H2,1-2H3,(H,33,34). The zero-order valence-electron chi connectivity index (χ0n) is 20.1. The Labute approximate surface area is 216 Å². The van der Waals surface area contributed by atoms with E-state index in [9.17, 15) is 31.1 Å². The van der Waals surface area contributed by atoms with E-state index >= 15 is 0 Å². The van der Waals surface area contributed by atoms with Gasteiger partial charge in [-0.05, 0) is 65.8 Å². The minimum atomic E-state index is -4.38. The highest BCUT2D eigenvalue weighted by Crippen LogP contribution is 2.35. The van der Waals surface area contributed by atoms with Gasteiger partial charge in [0.2, 0.25) is 0 Å². The van der Waals surface area contributed by atoms with Crippen molar-refractivity contribution >= 4 is 29.5 Å². The van der Waals surface area contributed by atoms with Gasteiger partial charge in [0.15, 0.2) is 0 Å². The molecule has 2 aromatic carbocycles. The van der Waals surface area contributed by atoms with Gasteiger partial charge in [-0.3, -0.25) is 4.79 Å². The van der Waals surface area contributed by atoms with Crippen molar-refractivity contribution in [1.82, 2.24) is 0 Å². The van der Waals surface area contributed by atoms with E-state index in [4.69, 9.17) is 5.11 Å². The summed E-state index contributed by atoms with van der Waals surface area (Å²) in [7, 11) is 0. The van der Waals surface area contributed by atoms with Crippen molar-refractivity contribution in [2.45, 2.75) is 68.6 Å². The van der Waals surface area contributed by atoms with E-state index in [-0.39, 0.29) is 17.1 Å². The first-order chi connectivity index (χ1) is 16.7. The van der Waals surface area contributed by atoms with Gasteiger partial charge in [0, 0.05) is 16.8 Å². The van der Waals surface area contributed by atoms with Gasteiger partial charge in [-0.25, -0.2) is 0 Å². The second kappa shape index (κ2) is 13.1. The molecule has 0 heterocycles. The Morgan fingerprint density at radius 2 is 1.28 bits per heavy atom. The van der Waals surface area contributed by atoms with E-state index in [1.165, 1.54) is 24.3 Å². The van der Waals surface area contributed by atoms with Crippen molar-refractivity contribution < 1.29 is 36.2 Å². The quantitative estimate of drug-likeness (QED) is 0.199. The molecule has 2 aromatic rings. The van der Waals surface area contributed by atoms with Crippen molar-refractivity contribution in [3.05, 3.63) is 70.8 Å². The van der Waals surface area contributed by atoms with Gasteiger partial charge in [-0.1, -0.05) is 38.1 Å². The number of carbonyl (C=O) groups is 1. The number of carboxylic acid groups (broad SMARTS) is 1. The Bertz CT molecular complexity index is 954. The molecule has 0 saturated carbocycles. The monoisotopic (exact) mass is 552 g/mol. The first kappa shape index (κ1) is 30.4. The predicted molar refractivity (Wildman–Crippen MR) is 134 cm³/mol. The molecule has 10 heteroatoms. The Morgan fingerprint density at radius 3 is 1.72 bits per heavy atom. The van der Waals surface area contributed by atoms with Crippen molar-refractivity contribution in [3.63, 3.8) is 0 Å². The fourth-order valence-corrected chi connectivity index (χ4v) is 5.92. The maximum atomic E-state index is 12.8. The molecule has 0 aliphatic carbocycles. The number of hydrogen-bond donors (Lipinski definition) is 1. The van der Waals surface area contributed by atoms with Crippen molar-refractivity contribution in [2.75, 3.05) is 5.75 Å². The zero-order chi connectivity index (χ0) is 27.0. The molecular formula is C26H30F6O2S2. The predicted octanol–water partition coefficient (Wildman–Crippen LogP) is 8.93. The molecule has 0 radical (unpaired) electrons. The molecule has 36 heavy (non-hydrogen) atoms. The smallest absolute Gasteiger partial charge is 0.416 e. The molecule has 1 unspecified atom stereocenters. The van der Waals surface area contributed by atoms with Crippen molar-refractivity contribution in [3.8, 4) is 0 Å². The van der Waals surface area contributed by atoms with Gasteiger partial charge >= 0.3 is 18.3 Å². The number of carboxylic acids is 1. The van der Waals surface area contributed by atoms with Gasteiger partial charge < -0.3 is 5.11 Å². The van der Waals surface area contributed by atoms with Crippen molar-refractivity contribution in [1.29, 1.82) is 0 Å². The first-order valence-electron chi connectivity index (χ1n) is 11.4. The average molecular weight is 553 g/mol. The molecule has 0 amide bonds. The van der Waals surface area contributed by atoms with E-state index in [0.29, 0.717) is 17.9 Å². The third-order valence-corrected chi connectivity index (χ3v) is 8.18. The molecule has 1 N–H and O–H groups in total. The lowest BCUT2D eigenvalue weighted by atomic mass is 9.84. The molecule has 0 saturated heterocycles. The molecule has 0 bridgehead atoms. The van der Waals surface area contributed by atoms with Crippen LogP contribution in [0.1, 0.15) is 61.8 Å². The summed E-state index contributed by atoms with van der Waals surface area (Å²) in [5.41, 5.74) is -0.181. The van der Waals surface area contributed by atoms with Crippen LogP contribution in [0.15, 0.2) is 48.5 Å². The molecule has 0 aromatic heterocycles. The SMILES string of the molecule is CC(C)(CCC(CCSCc1ccc(C(F)(F)F)cc1)SCc1ccc(C(F)(F)F)cc1)CC(=O)O. The highest BCUT2D eigenvalue weighted by Gasteiger charge is 2.31. The summed E-state index contributed by atoms with van der Waals surface area (Å²) in [6.45, 7) is 3.80. The van der Waals surface area contributed by atoms with E-state index in [0.717, 1.165) is 54.0 Å². The summed E-state index contributed by atoms with van der Waals surface area (Å²) < 4.78 is 76.6. The molecule has 1 atom stereocenters. The van der Waals surface area contributed by atoms with Crippen LogP contribution in [0.5, 0.6) is 0 Å². The number of alkyl halides is 6. The number of thioether (sulfide) groups is 2. The Kier molecular flexibility index (Phi) is 11.1. The normalized spacial score (nSPS) is 13.6. The Morgan fingerprint density at radius 1 is 0.806 bits per heavy atom. The van der Waals surface area contributed by atoms with E-state index in [2.05, 4.69) is 0 Å². The topological polar surface area (TPSA) is 37.3 Å². The third-order valence-electron chi connectivity index (χ3n) is 5.67. The highest BCUT2D eigenvalue weighted by molar-refractivity contribution is 7.99. The summed E-state index contributed by atoms with van der Waals surface area (Å²) in [6, 6.07) is 10.2. The van der Waals surface area contributed by atoms with Gasteiger partial charge in [-0.15, -0.1) is 0 Å². The van der Waals surface area contributed by atoms with Crippen LogP contribution in [0.3, 0.4) is 0 Å². The van der Waals surface area contributed by atoms with Gasteiger partial charge in [0.05, 0.1) is 17.5 Å². The van der Waals surface area contributed by atoms with Crippen LogP contribution >= 0.6 is 23.5 Å². The number of halogens is 6. The largest absolute Gasteiger partial charge is 0.481 e. The third kappa shape index (κ3) is 11.1. The highest BCUT2D eigenvalue weighted by atomic mass is 32.2. The number of aliphatic carboxylic acids is 1. The summed E-state index contributed by atoms with van der Waals surface area (Å²) in [6.07, 6.45) is -6.46. The summed E-state index contributed by atoms with van der Waals surface area (Å²) in [5, 5.41) is 9.31. The lowest BCUT2D eigenvalue weighted by Crippen LogP contribution is -2.19. The molecule has 0 aliphatic rings. The van der Waals surface area contributed by atoms with E-state index in [1.807, 2.05) is 13.8 Å². The molecular weight excluding hydrogens is 522 g/mol. The molecule has 2 rings (SSSR count). The summed E-state index contributed by atoms with van der Waals surface area (Å²) >= 11 is 3.24. The zero-order valence-corrected chi connectivity index (χ0v) is 21.7. The van der Waals surface area contributed by atoms with Gasteiger partial charge in [-0.2, -0.15) is 49.9 Å². The fraction of sp³-hybridized carbons (Fsp3) is 0.500. The van der Waals surface area contributed by atoms with Crippen LogP contribution in [-0.2, 0) is 28.7 Å². The van der Waals surface area contributed by atoms with Gasteiger partial charge in [0.1, 0.15) is 0 Å². The van der Waals surface area contributed by atoms with Crippen molar-refractivity contribution in [2.24, 2.45) is 5.41 Å². The Balaban J connectivity index is 1.92. The van der Waals surface area contributed by atoms with Gasteiger partial charge in [0.25, 0.3) is 0 Å². The van der Waals surface area contributed by atoms with Crippen LogP contribution in [0.25, 0.3) is 0 Å². The van der Waals surface area contributed by atoms with Crippen LogP contribution in [0, 0.1) is 5.41 Å². The van der Waals surface area contributed by atoms with E-state index in [1.54, 1.807) is 23.5 Å². The summed E-state index contributed by atoms with van der Waals surface area (Å²) in [5.74, 6) is 0.997. The molecule has 0 spiro atoms. The average Bonchev–Trinajstić information content (AvgIpc) is 2.76. The number of hydrogen-bond acceptors (Lipinski definition) is 3. The second-order valence-corrected chi connectivity index (χ2v) is 11.8. The Hall–Kier alpha value is -1.81. The molecule has 0 fully saturated rings. The van der Waals surface area contributed by atoms with E-state index < -0.39 is 29.4 Å². The summed E-state index contributed by atoms with van der Waals surface area (Å²) in [4.78, 5) is 11.1. The first-order valence-corrected chi connectivity index (χ1v) is 13.6. The lowest BCUT2D eigenvalue weighted by molar-refractivity contribution is -0.139. The molecule has 200 valence electrons. The fourth-order valence-electron chi connectivity index (χ4n) is 3.56. The minimum absolute atomic E-state index is 0.0476. The lowest BCUT2D eigenvalue weighted by Gasteiger charge is -2.25. The maximum absolute atomic E-state index is 12.8. The van der Waals surface area contributed by atoms with Crippen LogP contribution in [0.2, 0.25) is 0 Å². The van der Waals surface area contributed by atoms with Crippen LogP contribution < -0.4 is 0 Å². The number of benzene rings is 2. The molecule has 0 aliphatic heterocycles. The second-order valence-electron chi connectivity index (χ2n) is 9.44. The molecule has 2 nitrogen and oxygen atoms in total. The maximum Gasteiger partial charge on any atom is 0.416 e. The minimum Gasteiger partial charge on any atom is -0.481 e.